The second-order valence-corrected chi connectivity index (χ2v) is 11.5. The summed E-state index contributed by atoms with van der Waals surface area (Å²) in [6.45, 7) is 6.90. The Morgan fingerprint density at radius 2 is 1.79 bits per heavy atom. The quantitative estimate of drug-likeness (QED) is 0.635. The molecular weight excluding hydrogens is 362 g/mol. The third kappa shape index (κ3) is 2.92. The third-order valence-electron chi connectivity index (χ3n) is 10.4. The van der Waals surface area contributed by atoms with E-state index in [1.165, 1.54) is 12.8 Å². The van der Waals surface area contributed by atoms with Crippen LogP contribution in [0.15, 0.2) is 12.2 Å². The van der Waals surface area contributed by atoms with Gasteiger partial charge in [0.2, 0.25) is 0 Å². The van der Waals surface area contributed by atoms with Crippen molar-refractivity contribution in [3.63, 3.8) is 0 Å². The molecule has 5 aliphatic rings. The van der Waals surface area contributed by atoms with Gasteiger partial charge in [-0.05, 0) is 73.5 Å². The van der Waals surface area contributed by atoms with Gasteiger partial charge in [0.25, 0.3) is 0 Å². The van der Waals surface area contributed by atoms with Crippen LogP contribution in [0.2, 0.25) is 0 Å². The van der Waals surface area contributed by atoms with Crippen LogP contribution in [-0.4, -0.2) is 41.8 Å². The van der Waals surface area contributed by atoms with Crippen LogP contribution in [-0.2, 0) is 4.79 Å². The maximum Gasteiger partial charge on any atom is 0.139 e. The van der Waals surface area contributed by atoms with Crippen molar-refractivity contribution in [3.8, 4) is 0 Å². The molecule has 29 heavy (non-hydrogen) atoms. The van der Waals surface area contributed by atoms with E-state index in [0.29, 0.717) is 41.8 Å². The van der Waals surface area contributed by atoms with Crippen molar-refractivity contribution in [2.45, 2.75) is 64.9 Å². The molecule has 4 heteroatoms. The lowest BCUT2D eigenvalue weighted by Crippen LogP contribution is -2.62. The minimum atomic E-state index is -0.461. The van der Waals surface area contributed by atoms with Gasteiger partial charge in [-0.2, -0.15) is 0 Å². The maximum atomic E-state index is 12.7. The van der Waals surface area contributed by atoms with Crippen molar-refractivity contribution in [2.75, 3.05) is 19.7 Å². The molecule has 4 nitrogen and oxygen atoms in total. The van der Waals surface area contributed by atoms with Crippen molar-refractivity contribution >= 4 is 5.78 Å². The minimum absolute atomic E-state index is 0.0409. The first kappa shape index (κ1) is 20.2. The number of hydrogen-bond donors (Lipinski definition) is 3. The van der Waals surface area contributed by atoms with E-state index in [2.05, 4.69) is 31.3 Å². The van der Waals surface area contributed by atoms with E-state index in [-0.39, 0.29) is 29.3 Å². The summed E-state index contributed by atoms with van der Waals surface area (Å²) in [4.78, 5) is 12.7. The first-order valence-corrected chi connectivity index (χ1v) is 12.1. The number of aliphatic hydroxyl groups excluding tert-OH is 2. The highest BCUT2D eigenvalue weighted by Crippen LogP contribution is 2.67. The summed E-state index contributed by atoms with van der Waals surface area (Å²) in [6.07, 6.45) is 11.6. The molecule has 0 aromatic carbocycles. The van der Waals surface area contributed by atoms with E-state index >= 15 is 0 Å². The Kier molecular flexibility index (Phi) is 5.00. The Hall–Kier alpha value is -0.710. The molecule has 0 bridgehead atoms. The second-order valence-electron chi connectivity index (χ2n) is 11.5. The molecule has 3 N–H and O–H groups in total. The molecule has 0 aromatic rings. The van der Waals surface area contributed by atoms with E-state index in [9.17, 15) is 15.0 Å². The molecule has 0 spiro atoms. The summed E-state index contributed by atoms with van der Waals surface area (Å²) in [7, 11) is 0. The van der Waals surface area contributed by atoms with Gasteiger partial charge in [0.1, 0.15) is 5.78 Å². The highest BCUT2D eigenvalue weighted by molar-refractivity contribution is 5.87. The Morgan fingerprint density at radius 1 is 1.03 bits per heavy atom. The number of allylic oxidation sites excluding steroid dienone is 1. The first-order chi connectivity index (χ1) is 13.9. The van der Waals surface area contributed by atoms with Gasteiger partial charge in [-0.15, -0.1) is 0 Å². The molecule has 0 radical (unpaired) electrons. The van der Waals surface area contributed by atoms with E-state index in [1.807, 2.05) is 0 Å². The van der Waals surface area contributed by atoms with Crippen LogP contribution < -0.4 is 5.32 Å². The standard InChI is InChI=1S/C25H39NO3/c1-24-9-7-15(3-4-16-12-26-13-16)11-20(24)17(14-27)23(29)22-18-5-6-21(28)25(18,2)10-8-19(22)24/h3-4,15-20,22-23,26-27,29H,5-14H2,1-2H3/b4-3-/t15-,17-,18+,19+,20?,22+,23-,24-,25+/m1/s1. The van der Waals surface area contributed by atoms with Crippen LogP contribution in [0, 0.1) is 52.3 Å². The molecule has 4 saturated carbocycles. The van der Waals surface area contributed by atoms with Crippen LogP contribution in [0.5, 0.6) is 0 Å². The smallest absolute Gasteiger partial charge is 0.139 e. The summed E-state index contributed by atoms with van der Waals surface area (Å²) >= 11 is 0. The van der Waals surface area contributed by atoms with Gasteiger partial charge in [-0.1, -0.05) is 26.0 Å². The largest absolute Gasteiger partial charge is 0.396 e. The van der Waals surface area contributed by atoms with Gasteiger partial charge in [-0.25, -0.2) is 0 Å². The molecule has 0 amide bonds. The average molecular weight is 402 g/mol. The Morgan fingerprint density at radius 3 is 2.48 bits per heavy atom. The molecule has 0 aromatic heterocycles. The lowest BCUT2D eigenvalue weighted by atomic mass is 9.42. The maximum absolute atomic E-state index is 12.7. The number of ketones is 1. The Balaban J connectivity index is 1.42. The van der Waals surface area contributed by atoms with Crippen molar-refractivity contribution in [1.29, 1.82) is 0 Å². The fourth-order valence-electron chi connectivity index (χ4n) is 8.43. The SMILES string of the molecule is C[C@]12CC[C@@H](/C=C\C3CNC3)CC1[C@@H](CO)[C@@H](O)[C@@H]1[C@@H]2CC[C@]2(C)C(=O)CC[C@@H]12. The van der Waals surface area contributed by atoms with E-state index < -0.39 is 6.10 Å². The average Bonchev–Trinajstić information content (AvgIpc) is 2.97. The lowest BCUT2D eigenvalue weighted by molar-refractivity contribution is -0.199. The molecule has 4 aliphatic carbocycles. The van der Waals surface area contributed by atoms with Crippen molar-refractivity contribution in [1.82, 2.24) is 5.32 Å². The molecule has 162 valence electrons. The van der Waals surface area contributed by atoms with Gasteiger partial charge in [-0.3, -0.25) is 4.79 Å². The zero-order valence-electron chi connectivity index (χ0n) is 18.1. The molecule has 1 aliphatic heterocycles. The van der Waals surface area contributed by atoms with Crippen LogP contribution in [0.4, 0.5) is 0 Å². The number of carbonyl (C=O) groups is 1. The van der Waals surface area contributed by atoms with Gasteiger partial charge in [0.05, 0.1) is 6.10 Å². The molecule has 5 fully saturated rings. The molecule has 1 saturated heterocycles. The fraction of sp³-hybridized carbons (Fsp3) is 0.880. The number of rotatable bonds is 3. The predicted octanol–water partition coefficient (Wildman–Crippen LogP) is 3.18. The summed E-state index contributed by atoms with van der Waals surface area (Å²) in [6, 6.07) is 0. The van der Waals surface area contributed by atoms with E-state index in [4.69, 9.17) is 0 Å². The normalized spacial score (nSPS) is 52.7. The molecule has 5 rings (SSSR count). The topological polar surface area (TPSA) is 69.6 Å². The number of hydrogen-bond acceptors (Lipinski definition) is 4. The highest BCUT2D eigenvalue weighted by atomic mass is 16.3. The molecule has 1 unspecified atom stereocenters. The van der Waals surface area contributed by atoms with Crippen LogP contribution in [0.1, 0.15) is 58.8 Å². The zero-order chi connectivity index (χ0) is 20.4. The number of nitrogens with one attached hydrogen (secondary N) is 1. The first-order valence-electron chi connectivity index (χ1n) is 12.1. The van der Waals surface area contributed by atoms with Gasteiger partial charge >= 0.3 is 0 Å². The number of aliphatic hydroxyl groups is 2. The Bertz CT molecular complexity index is 688. The van der Waals surface area contributed by atoms with Crippen LogP contribution >= 0.6 is 0 Å². The van der Waals surface area contributed by atoms with Crippen LogP contribution in [0.3, 0.4) is 0 Å². The molecule has 1 heterocycles. The van der Waals surface area contributed by atoms with E-state index in [0.717, 1.165) is 38.8 Å². The van der Waals surface area contributed by atoms with Gasteiger partial charge < -0.3 is 15.5 Å². The highest BCUT2D eigenvalue weighted by Gasteiger charge is 2.64. The Labute approximate surface area is 175 Å². The summed E-state index contributed by atoms with van der Waals surface area (Å²) in [5.41, 5.74) is -0.0469. The number of fused-ring (bicyclic) bond motifs is 5. The van der Waals surface area contributed by atoms with Gasteiger partial charge in [0, 0.05) is 43.4 Å². The lowest BCUT2D eigenvalue weighted by Gasteiger charge is -2.63. The third-order valence-corrected chi connectivity index (χ3v) is 10.4. The summed E-state index contributed by atoms with van der Waals surface area (Å²) in [5.74, 6) is 3.01. The van der Waals surface area contributed by atoms with Crippen molar-refractivity contribution in [2.24, 2.45) is 52.3 Å². The molecular formula is C25H39NO3. The van der Waals surface area contributed by atoms with Crippen LogP contribution in [0.25, 0.3) is 0 Å². The minimum Gasteiger partial charge on any atom is -0.396 e. The summed E-state index contributed by atoms with van der Waals surface area (Å²) in [5, 5.41) is 25.2. The fourth-order valence-corrected chi connectivity index (χ4v) is 8.43. The second kappa shape index (κ2) is 7.17. The van der Waals surface area contributed by atoms with E-state index in [1.54, 1.807) is 0 Å². The number of Topliss-reactive ketones (excluding diaryl/α,β-unsaturated/α-hetero) is 1. The van der Waals surface area contributed by atoms with Crippen molar-refractivity contribution in [3.05, 3.63) is 12.2 Å². The predicted molar refractivity (Wildman–Crippen MR) is 113 cm³/mol. The van der Waals surface area contributed by atoms with Crippen molar-refractivity contribution < 1.29 is 15.0 Å². The molecule has 9 atom stereocenters. The monoisotopic (exact) mass is 401 g/mol. The number of carbonyl (C=O) groups excluding carboxylic acids is 1. The summed E-state index contributed by atoms with van der Waals surface area (Å²) < 4.78 is 0. The van der Waals surface area contributed by atoms with Gasteiger partial charge in [0.15, 0.2) is 0 Å². The zero-order valence-corrected chi connectivity index (χ0v) is 18.1.